The van der Waals surface area contributed by atoms with Crippen LogP contribution in [-0.2, 0) is 11.3 Å². The largest absolute Gasteiger partial charge is 0.487 e. The number of urea groups is 1. The number of nitrogens with one attached hydrogen (secondary N) is 3. The summed E-state index contributed by atoms with van der Waals surface area (Å²) in [5.74, 6) is -0.108. The fourth-order valence-corrected chi connectivity index (χ4v) is 5.56. The molecule has 0 spiro atoms. The Balaban J connectivity index is 1.33. The van der Waals surface area contributed by atoms with Gasteiger partial charge in [-0.2, -0.15) is 4.98 Å². The van der Waals surface area contributed by atoms with Crippen molar-refractivity contribution in [2.75, 3.05) is 34.1 Å². The van der Waals surface area contributed by atoms with Crippen molar-refractivity contribution in [1.29, 1.82) is 0 Å². The second kappa shape index (κ2) is 15.8. The van der Waals surface area contributed by atoms with Gasteiger partial charge in [0.2, 0.25) is 11.9 Å². The zero-order chi connectivity index (χ0) is 37.7. The average molecular weight is 710 g/mol. The first-order valence-electron chi connectivity index (χ1n) is 16.9. The van der Waals surface area contributed by atoms with Crippen molar-refractivity contribution in [3.05, 3.63) is 93.4 Å². The molecule has 0 aliphatic carbocycles. The predicted molar refractivity (Wildman–Crippen MR) is 198 cm³/mol. The molecular weight excluding hydrogens is 666 g/mol. The standard InChI is InChI=1S/C37H43N9O6/c1-21(2)14-29(42-34(47)25-10-13-30(46(50)51)32(15-25)52-20-22(3)4)35(48)40-27-11-8-23(5)31(16-27)45-19-26-17-39-36(43-33(26)44(7)37(45)49)41-28-12-9-24(6)38-18-28/h8-13,15-18,21-22,29H,14,19-20H2,1-7H3,(H,40,48)(H,42,47)(H,39,41,43)/t29-/m0/s1. The number of pyridine rings is 1. The molecule has 1 atom stereocenters. The van der Waals surface area contributed by atoms with Gasteiger partial charge in [0.15, 0.2) is 5.75 Å². The first kappa shape index (κ1) is 37.1. The zero-order valence-electron chi connectivity index (χ0n) is 30.3. The van der Waals surface area contributed by atoms with Crippen molar-refractivity contribution in [2.45, 2.75) is 60.5 Å². The highest BCUT2D eigenvalue weighted by molar-refractivity contribution is 6.06. The maximum absolute atomic E-state index is 13.7. The lowest BCUT2D eigenvalue weighted by Gasteiger charge is -2.35. The van der Waals surface area contributed by atoms with Gasteiger partial charge in [-0.05, 0) is 68.0 Å². The Hall–Kier alpha value is -6.12. The summed E-state index contributed by atoms with van der Waals surface area (Å²) in [5.41, 5.74) is 4.00. The van der Waals surface area contributed by atoms with Gasteiger partial charge in [-0.1, -0.05) is 33.8 Å². The van der Waals surface area contributed by atoms with E-state index in [1.54, 1.807) is 42.5 Å². The van der Waals surface area contributed by atoms with Gasteiger partial charge in [0.1, 0.15) is 11.9 Å². The number of amides is 4. The third-order valence-corrected chi connectivity index (χ3v) is 8.26. The lowest BCUT2D eigenvalue weighted by atomic mass is 10.0. The van der Waals surface area contributed by atoms with Crippen LogP contribution >= 0.6 is 0 Å². The van der Waals surface area contributed by atoms with Crippen LogP contribution in [0.2, 0.25) is 0 Å². The van der Waals surface area contributed by atoms with Crippen LogP contribution in [-0.4, -0.2) is 57.4 Å². The quantitative estimate of drug-likeness (QED) is 0.102. The van der Waals surface area contributed by atoms with Crippen molar-refractivity contribution in [2.24, 2.45) is 11.8 Å². The van der Waals surface area contributed by atoms with Crippen molar-refractivity contribution in [3.63, 3.8) is 0 Å². The Bertz CT molecular complexity index is 1980. The molecule has 1 aliphatic heterocycles. The smallest absolute Gasteiger partial charge is 0.330 e. The molecule has 2 aromatic heterocycles. The molecule has 0 fully saturated rings. The molecule has 0 radical (unpaired) electrons. The maximum atomic E-state index is 13.7. The van der Waals surface area contributed by atoms with E-state index in [2.05, 4.69) is 30.9 Å². The first-order valence-corrected chi connectivity index (χ1v) is 16.9. The maximum Gasteiger partial charge on any atom is 0.330 e. The van der Waals surface area contributed by atoms with Gasteiger partial charge in [0.25, 0.3) is 5.91 Å². The molecule has 52 heavy (non-hydrogen) atoms. The number of aryl methyl sites for hydroxylation is 2. The summed E-state index contributed by atoms with van der Waals surface area (Å²) in [7, 11) is 1.64. The summed E-state index contributed by atoms with van der Waals surface area (Å²) in [5, 5.41) is 20.4. The van der Waals surface area contributed by atoms with Gasteiger partial charge in [-0.25, -0.2) is 9.78 Å². The topological polar surface area (TPSA) is 185 Å². The molecule has 0 saturated heterocycles. The molecule has 15 heteroatoms. The number of ether oxygens (including phenoxy) is 1. The summed E-state index contributed by atoms with van der Waals surface area (Å²) in [6.07, 6.45) is 3.68. The molecule has 3 N–H and O–H groups in total. The summed E-state index contributed by atoms with van der Waals surface area (Å²) >= 11 is 0. The summed E-state index contributed by atoms with van der Waals surface area (Å²) in [6.45, 7) is 11.9. The van der Waals surface area contributed by atoms with Gasteiger partial charge >= 0.3 is 11.7 Å². The monoisotopic (exact) mass is 709 g/mol. The fraction of sp³-hybridized carbons (Fsp3) is 0.351. The Morgan fingerprint density at radius 2 is 1.73 bits per heavy atom. The van der Waals surface area contributed by atoms with Crippen LogP contribution in [0.3, 0.4) is 0 Å². The normalized spacial score (nSPS) is 13.1. The van der Waals surface area contributed by atoms with Gasteiger partial charge < -0.3 is 20.7 Å². The molecule has 3 heterocycles. The van der Waals surface area contributed by atoms with Crippen LogP contribution in [0.25, 0.3) is 0 Å². The number of carbonyl (C=O) groups is 3. The number of hydrogen-bond donors (Lipinski definition) is 3. The highest BCUT2D eigenvalue weighted by Crippen LogP contribution is 2.34. The number of aromatic nitrogens is 3. The van der Waals surface area contributed by atoms with E-state index >= 15 is 0 Å². The molecule has 4 amide bonds. The van der Waals surface area contributed by atoms with Crippen LogP contribution in [0.1, 0.15) is 61.3 Å². The Morgan fingerprint density at radius 1 is 0.981 bits per heavy atom. The molecule has 4 aromatic rings. The number of carbonyl (C=O) groups excluding carboxylic acids is 3. The van der Waals surface area contributed by atoms with E-state index in [-0.39, 0.29) is 48.0 Å². The van der Waals surface area contributed by atoms with Crippen LogP contribution in [0.5, 0.6) is 5.75 Å². The van der Waals surface area contributed by atoms with E-state index in [0.29, 0.717) is 35.2 Å². The third-order valence-electron chi connectivity index (χ3n) is 8.26. The highest BCUT2D eigenvalue weighted by Gasteiger charge is 2.32. The second-order valence-corrected chi connectivity index (χ2v) is 13.6. The Kier molecular flexibility index (Phi) is 11.3. The lowest BCUT2D eigenvalue weighted by Crippen LogP contribution is -2.46. The number of hydrogen-bond acceptors (Lipinski definition) is 10. The van der Waals surface area contributed by atoms with Crippen molar-refractivity contribution < 1.29 is 24.0 Å². The van der Waals surface area contributed by atoms with E-state index in [1.165, 1.54) is 23.1 Å². The van der Waals surface area contributed by atoms with Gasteiger partial charge in [0.05, 0.1) is 35.6 Å². The summed E-state index contributed by atoms with van der Waals surface area (Å²) in [6, 6.07) is 11.6. The average Bonchev–Trinajstić information content (AvgIpc) is 3.10. The third kappa shape index (κ3) is 8.78. The number of nitro benzene ring substituents is 1. The van der Waals surface area contributed by atoms with Crippen LogP contribution < -0.4 is 30.5 Å². The predicted octanol–water partition coefficient (Wildman–Crippen LogP) is 6.53. The van der Waals surface area contributed by atoms with E-state index in [4.69, 9.17) is 4.74 Å². The molecule has 5 rings (SSSR count). The number of nitrogens with zero attached hydrogens (tertiary/aromatic N) is 6. The zero-order valence-corrected chi connectivity index (χ0v) is 30.3. The summed E-state index contributed by atoms with van der Waals surface area (Å²) in [4.78, 5) is 68.1. The van der Waals surface area contributed by atoms with Crippen molar-refractivity contribution in [1.82, 2.24) is 20.3 Å². The van der Waals surface area contributed by atoms with Gasteiger partial charge in [-0.3, -0.25) is 34.5 Å². The second-order valence-electron chi connectivity index (χ2n) is 13.6. The SMILES string of the molecule is Cc1ccc(Nc2ncc3c(n2)N(C)C(=O)N(c2cc(NC(=O)[C@H](CC(C)C)NC(=O)c4ccc([N+](=O)[O-])c(OCC(C)C)c4)ccc2C)C3)cn1. The van der Waals surface area contributed by atoms with Crippen LogP contribution in [0.4, 0.5) is 39.3 Å². The fourth-order valence-electron chi connectivity index (χ4n) is 5.56. The molecule has 0 saturated carbocycles. The number of fused-ring (bicyclic) bond motifs is 1. The number of rotatable bonds is 13. The van der Waals surface area contributed by atoms with Gasteiger partial charge in [0, 0.05) is 47.9 Å². The minimum Gasteiger partial charge on any atom is -0.487 e. The van der Waals surface area contributed by atoms with E-state index < -0.39 is 22.8 Å². The minimum absolute atomic E-state index is 0.0209. The Labute approximate surface area is 302 Å². The van der Waals surface area contributed by atoms with Crippen molar-refractivity contribution in [3.8, 4) is 5.75 Å². The van der Waals surface area contributed by atoms with E-state index in [9.17, 15) is 24.5 Å². The molecular formula is C37H43N9O6. The van der Waals surface area contributed by atoms with Gasteiger partial charge in [-0.15, -0.1) is 0 Å². The summed E-state index contributed by atoms with van der Waals surface area (Å²) < 4.78 is 5.64. The first-order chi connectivity index (χ1) is 24.7. The number of anilines is 5. The van der Waals surface area contributed by atoms with Crippen LogP contribution in [0.15, 0.2) is 60.9 Å². The lowest BCUT2D eigenvalue weighted by molar-refractivity contribution is -0.385. The van der Waals surface area contributed by atoms with E-state index in [1.807, 2.05) is 53.7 Å². The minimum atomic E-state index is -0.933. The number of benzene rings is 2. The molecule has 1 aliphatic rings. The highest BCUT2D eigenvalue weighted by atomic mass is 16.6. The molecule has 0 bridgehead atoms. The van der Waals surface area contributed by atoms with E-state index in [0.717, 1.165) is 16.8 Å². The molecule has 0 unspecified atom stereocenters. The molecule has 272 valence electrons. The van der Waals surface area contributed by atoms with Crippen molar-refractivity contribution >= 4 is 52.4 Å². The molecule has 15 nitrogen and oxygen atoms in total. The number of nitro groups is 1. The Morgan fingerprint density at radius 3 is 2.40 bits per heavy atom. The molecule has 2 aromatic carbocycles. The van der Waals surface area contributed by atoms with Crippen LogP contribution in [0, 0.1) is 35.8 Å².